The zero-order valence-corrected chi connectivity index (χ0v) is 21.7. The molecule has 0 radical (unpaired) electrons. The van der Waals surface area contributed by atoms with Crippen LogP contribution in [-0.4, -0.2) is 9.55 Å². The minimum atomic E-state index is 0.695. The topological polar surface area (TPSA) is 41.6 Å². The lowest BCUT2D eigenvalue weighted by molar-refractivity contribution is 0.831. The molecule has 40 heavy (non-hydrogen) atoms. The minimum absolute atomic E-state index is 0.695. The highest BCUT2D eigenvalue weighted by Gasteiger charge is 2.26. The van der Waals surface area contributed by atoms with Crippen molar-refractivity contribution in [3.63, 3.8) is 0 Å². The highest BCUT2D eigenvalue weighted by molar-refractivity contribution is 6.10. The second-order valence-electron chi connectivity index (χ2n) is 10.3. The Bertz CT molecular complexity index is 2120. The standard InChI is InChI=1S/C37H23N3/c38-22-27-16-19-31-35-28(17-18-30(34(27)35)25-12-6-2-7-13-25)23-40-33-21-29(24-10-4-1-5-11-24)20-32(36(33)39-37(31)40)26-14-8-3-9-15-26/h1-21H,23H2. The van der Waals surface area contributed by atoms with Crippen LogP contribution in [-0.2, 0) is 6.54 Å². The lowest BCUT2D eigenvalue weighted by Gasteiger charge is -2.22. The van der Waals surface area contributed by atoms with Crippen LogP contribution in [0.3, 0.4) is 0 Å². The fourth-order valence-electron chi connectivity index (χ4n) is 6.23. The summed E-state index contributed by atoms with van der Waals surface area (Å²) in [6.07, 6.45) is 0. The van der Waals surface area contributed by atoms with Crippen molar-refractivity contribution in [3.05, 3.63) is 139 Å². The van der Waals surface area contributed by atoms with Gasteiger partial charge in [-0.25, -0.2) is 4.98 Å². The van der Waals surface area contributed by atoms with Crippen molar-refractivity contribution in [2.24, 2.45) is 0 Å². The Morgan fingerprint density at radius 1 is 0.575 bits per heavy atom. The smallest absolute Gasteiger partial charge is 0.142 e. The van der Waals surface area contributed by atoms with Gasteiger partial charge in [-0.05, 0) is 63.0 Å². The van der Waals surface area contributed by atoms with E-state index < -0.39 is 0 Å². The fraction of sp³-hybridized carbons (Fsp3) is 0.0270. The first-order valence-corrected chi connectivity index (χ1v) is 13.5. The van der Waals surface area contributed by atoms with Gasteiger partial charge in [0.05, 0.1) is 29.2 Å². The number of aromatic nitrogens is 2. The van der Waals surface area contributed by atoms with Crippen LogP contribution in [0.2, 0.25) is 0 Å². The van der Waals surface area contributed by atoms with E-state index in [4.69, 9.17) is 4.98 Å². The molecule has 1 aliphatic heterocycles. The predicted octanol–water partition coefficient (Wildman–Crippen LogP) is 9.09. The van der Waals surface area contributed by atoms with E-state index in [1.165, 1.54) is 16.7 Å². The SMILES string of the molecule is N#Cc1ccc2c3c(ccc(-c4ccccc4)c13)Cn1c-2nc2c(-c3ccccc3)cc(-c3ccccc3)cc21. The van der Waals surface area contributed by atoms with Gasteiger partial charge in [0, 0.05) is 16.5 Å². The average Bonchev–Trinajstić information content (AvgIpc) is 3.40. The van der Waals surface area contributed by atoms with Gasteiger partial charge in [-0.3, -0.25) is 0 Å². The number of benzene rings is 6. The Balaban J connectivity index is 1.45. The van der Waals surface area contributed by atoms with Gasteiger partial charge in [0.1, 0.15) is 5.82 Å². The molecule has 0 amide bonds. The largest absolute Gasteiger partial charge is 0.319 e. The molecular weight excluding hydrogens is 486 g/mol. The van der Waals surface area contributed by atoms with Crippen molar-refractivity contribution in [1.29, 1.82) is 5.26 Å². The Morgan fingerprint density at radius 3 is 1.88 bits per heavy atom. The molecule has 8 rings (SSSR count). The first-order chi connectivity index (χ1) is 19.8. The maximum atomic E-state index is 10.1. The van der Waals surface area contributed by atoms with Crippen LogP contribution in [0.1, 0.15) is 11.1 Å². The van der Waals surface area contributed by atoms with Gasteiger partial charge in [-0.2, -0.15) is 5.26 Å². The van der Waals surface area contributed by atoms with Crippen LogP contribution >= 0.6 is 0 Å². The average molecular weight is 510 g/mol. The minimum Gasteiger partial charge on any atom is -0.319 e. The van der Waals surface area contributed by atoms with Crippen molar-refractivity contribution in [2.45, 2.75) is 6.54 Å². The monoisotopic (exact) mass is 509 g/mol. The molecular formula is C37H23N3. The maximum absolute atomic E-state index is 10.1. The van der Waals surface area contributed by atoms with E-state index in [2.05, 4.69) is 108 Å². The van der Waals surface area contributed by atoms with Gasteiger partial charge < -0.3 is 4.57 Å². The predicted molar refractivity (Wildman–Crippen MR) is 163 cm³/mol. The van der Waals surface area contributed by atoms with Crippen LogP contribution < -0.4 is 0 Å². The molecule has 1 aliphatic rings. The van der Waals surface area contributed by atoms with Crippen molar-refractivity contribution in [2.75, 3.05) is 0 Å². The zero-order valence-electron chi connectivity index (χ0n) is 21.7. The highest BCUT2D eigenvalue weighted by atomic mass is 15.1. The molecule has 0 N–H and O–H groups in total. The maximum Gasteiger partial charge on any atom is 0.142 e. The van der Waals surface area contributed by atoms with E-state index >= 15 is 0 Å². The molecule has 6 aromatic carbocycles. The van der Waals surface area contributed by atoms with Gasteiger partial charge in [0.2, 0.25) is 0 Å². The van der Waals surface area contributed by atoms with Gasteiger partial charge >= 0.3 is 0 Å². The molecule has 1 aromatic heterocycles. The lowest BCUT2D eigenvalue weighted by atomic mass is 9.88. The third-order valence-corrected chi connectivity index (χ3v) is 8.07. The van der Waals surface area contributed by atoms with Gasteiger partial charge in [-0.1, -0.05) is 103 Å². The van der Waals surface area contributed by atoms with Crippen LogP contribution in [0.25, 0.3) is 66.6 Å². The second kappa shape index (κ2) is 8.80. The molecule has 0 saturated heterocycles. The third-order valence-electron chi connectivity index (χ3n) is 8.07. The number of rotatable bonds is 3. The number of hydrogen-bond acceptors (Lipinski definition) is 2. The molecule has 0 fully saturated rings. The first kappa shape index (κ1) is 22.5. The summed E-state index contributed by atoms with van der Waals surface area (Å²) in [5, 5.41) is 12.3. The Hall–Kier alpha value is -5.46. The van der Waals surface area contributed by atoms with Crippen LogP contribution in [0.5, 0.6) is 0 Å². The number of hydrogen-bond donors (Lipinski definition) is 0. The fourth-order valence-corrected chi connectivity index (χ4v) is 6.23. The number of nitrogens with zero attached hydrogens (tertiary/aromatic N) is 3. The molecule has 0 saturated carbocycles. The molecule has 0 aliphatic carbocycles. The van der Waals surface area contributed by atoms with Crippen molar-refractivity contribution in [1.82, 2.24) is 9.55 Å². The van der Waals surface area contributed by atoms with E-state index in [0.29, 0.717) is 12.1 Å². The molecule has 0 bridgehead atoms. The molecule has 0 atom stereocenters. The van der Waals surface area contributed by atoms with E-state index in [1.807, 2.05) is 30.3 Å². The number of nitriles is 1. The molecule has 3 nitrogen and oxygen atoms in total. The van der Waals surface area contributed by atoms with Gasteiger partial charge in [-0.15, -0.1) is 0 Å². The third kappa shape index (κ3) is 3.33. The van der Waals surface area contributed by atoms with Crippen molar-refractivity contribution < 1.29 is 0 Å². The van der Waals surface area contributed by atoms with Crippen LogP contribution in [0, 0.1) is 11.3 Å². The molecule has 186 valence electrons. The normalized spacial score (nSPS) is 11.9. The number of fused-ring (bicyclic) bond motifs is 4. The zero-order chi connectivity index (χ0) is 26.6. The van der Waals surface area contributed by atoms with Gasteiger partial charge in [0.25, 0.3) is 0 Å². The van der Waals surface area contributed by atoms with Gasteiger partial charge in [0.15, 0.2) is 0 Å². The van der Waals surface area contributed by atoms with Crippen molar-refractivity contribution in [3.8, 4) is 50.8 Å². The summed E-state index contributed by atoms with van der Waals surface area (Å²) in [6.45, 7) is 0.700. The van der Waals surface area contributed by atoms with Crippen molar-refractivity contribution >= 4 is 21.8 Å². The lowest BCUT2D eigenvalue weighted by Crippen LogP contribution is -2.09. The van der Waals surface area contributed by atoms with E-state index in [-0.39, 0.29) is 0 Å². The summed E-state index contributed by atoms with van der Waals surface area (Å²) >= 11 is 0. The second-order valence-corrected chi connectivity index (χ2v) is 10.3. The quantitative estimate of drug-likeness (QED) is 0.238. The molecule has 3 heteroatoms. The summed E-state index contributed by atoms with van der Waals surface area (Å²) in [7, 11) is 0. The van der Waals surface area contributed by atoms with Crippen LogP contribution in [0.4, 0.5) is 0 Å². The Labute approximate surface area is 232 Å². The van der Waals surface area contributed by atoms with E-state index in [0.717, 1.165) is 55.4 Å². The molecule has 0 unspecified atom stereocenters. The van der Waals surface area contributed by atoms with E-state index in [1.54, 1.807) is 0 Å². The highest BCUT2D eigenvalue weighted by Crippen LogP contribution is 2.44. The molecule has 2 heterocycles. The molecule has 7 aromatic rings. The summed E-state index contributed by atoms with van der Waals surface area (Å²) in [5.74, 6) is 0.949. The summed E-state index contributed by atoms with van der Waals surface area (Å²) in [6, 6.07) is 46.8. The number of imidazole rings is 1. The Kier molecular flexibility index (Phi) is 4.95. The first-order valence-electron chi connectivity index (χ1n) is 13.5. The summed E-state index contributed by atoms with van der Waals surface area (Å²) in [5.41, 5.74) is 11.9. The van der Waals surface area contributed by atoms with Crippen LogP contribution in [0.15, 0.2) is 127 Å². The Morgan fingerprint density at radius 2 is 1.20 bits per heavy atom. The summed E-state index contributed by atoms with van der Waals surface area (Å²) < 4.78 is 2.35. The molecule has 0 spiro atoms. The van der Waals surface area contributed by atoms with E-state index in [9.17, 15) is 5.26 Å². The summed E-state index contributed by atoms with van der Waals surface area (Å²) in [4.78, 5) is 5.33.